The fraction of sp³-hybridized carbons (Fsp3) is 0.519. The first-order valence-electron chi connectivity index (χ1n) is 12.6. The van der Waals surface area contributed by atoms with E-state index in [1.165, 1.54) is 0 Å². The van der Waals surface area contributed by atoms with E-state index in [4.69, 9.17) is 18.9 Å². The zero-order valence-corrected chi connectivity index (χ0v) is 21.3. The number of methoxy groups -OCH3 is 2. The molecule has 2 N–H and O–H groups in total. The lowest BCUT2D eigenvalue weighted by molar-refractivity contribution is 0.0157. The summed E-state index contributed by atoms with van der Waals surface area (Å²) in [5, 5.41) is 6.22. The number of nitrogens with one attached hydrogen (secondary N) is 2. The number of amides is 2. The summed E-state index contributed by atoms with van der Waals surface area (Å²) in [4.78, 5) is 17.7. The lowest BCUT2D eigenvalue weighted by Gasteiger charge is -2.36. The normalized spacial score (nSPS) is 18.7. The molecule has 2 fully saturated rings. The molecule has 196 valence electrons. The third kappa shape index (κ3) is 7.10. The summed E-state index contributed by atoms with van der Waals surface area (Å²) in [5.74, 6) is 1.63. The highest BCUT2D eigenvalue weighted by atomic mass is 16.5. The Labute approximate surface area is 213 Å². The summed E-state index contributed by atoms with van der Waals surface area (Å²) in [6.07, 6.45) is 0. The van der Waals surface area contributed by atoms with Crippen LogP contribution in [0, 0.1) is 0 Å². The fourth-order valence-corrected chi connectivity index (χ4v) is 4.79. The first-order chi connectivity index (χ1) is 17.7. The van der Waals surface area contributed by atoms with Gasteiger partial charge in [0.25, 0.3) is 0 Å². The van der Waals surface area contributed by atoms with E-state index < -0.39 is 0 Å². The topological polar surface area (TPSA) is 84.5 Å². The van der Waals surface area contributed by atoms with Crippen molar-refractivity contribution in [2.24, 2.45) is 0 Å². The molecule has 4 rings (SSSR count). The fourth-order valence-electron chi connectivity index (χ4n) is 4.79. The van der Waals surface area contributed by atoms with Crippen LogP contribution in [0.3, 0.4) is 0 Å². The number of rotatable bonds is 10. The van der Waals surface area contributed by atoms with Crippen molar-refractivity contribution in [3.63, 3.8) is 0 Å². The molecule has 0 radical (unpaired) electrons. The van der Waals surface area contributed by atoms with E-state index in [2.05, 4.69) is 44.7 Å². The maximum Gasteiger partial charge on any atom is 0.314 e. The molecule has 2 atom stereocenters. The average Bonchev–Trinajstić information content (AvgIpc) is 2.95. The first-order valence-corrected chi connectivity index (χ1v) is 12.6. The van der Waals surface area contributed by atoms with Crippen LogP contribution in [0.15, 0.2) is 48.5 Å². The van der Waals surface area contributed by atoms with Crippen molar-refractivity contribution in [3.05, 3.63) is 59.7 Å². The standard InChI is InChI=1S/C27H38N4O5/c1-33-23-7-3-21(4-8-23)25(30-11-15-35-16-12-30)19-28-27(32)29-20-26(31-13-17-36-18-14-31)22-5-9-24(34-2)10-6-22/h3-10,25-26H,11-20H2,1-2H3,(H2,28,29,32). The molecule has 2 unspecified atom stereocenters. The lowest BCUT2D eigenvalue weighted by Crippen LogP contribution is -2.48. The van der Waals surface area contributed by atoms with Crippen molar-refractivity contribution < 1.29 is 23.7 Å². The maximum atomic E-state index is 12.9. The van der Waals surface area contributed by atoms with Crippen LogP contribution < -0.4 is 20.1 Å². The second kappa shape index (κ2) is 13.5. The van der Waals surface area contributed by atoms with Crippen LogP contribution in [-0.2, 0) is 9.47 Å². The van der Waals surface area contributed by atoms with Crippen LogP contribution in [0.4, 0.5) is 4.79 Å². The highest BCUT2D eigenvalue weighted by molar-refractivity contribution is 5.74. The van der Waals surface area contributed by atoms with Gasteiger partial charge in [-0.2, -0.15) is 0 Å². The van der Waals surface area contributed by atoms with Crippen molar-refractivity contribution in [3.8, 4) is 11.5 Å². The lowest BCUT2D eigenvalue weighted by atomic mass is 10.0. The molecule has 9 nitrogen and oxygen atoms in total. The summed E-state index contributed by atoms with van der Waals surface area (Å²) in [5.41, 5.74) is 2.28. The van der Waals surface area contributed by atoms with Gasteiger partial charge in [-0.05, 0) is 35.4 Å². The van der Waals surface area contributed by atoms with Crippen molar-refractivity contribution in [2.75, 3.05) is 79.9 Å². The smallest absolute Gasteiger partial charge is 0.314 e. The maximum absolute atomic E-state index is 12.9. The van der Waals surface area contributed by atoms with E-state index in [1.54, 1.807) is 14.2 Å². The number of morpholine rings is 2. The Hall–Kier alpha value is -2.85. The molecule has 0 aromatic heterocycles. The summed E-state index contributed by atoms with van der Waals surface area (Å²) in [6.45, 7) is 7.11. The quantitative estimate of drug-likeness (QED) is 0.521. The molecule has 0 aliphatic carbocycles. The zero-order chi connectivity index (χ0) is 25.2. The third-order valence-corrected chi connectivity index (χ3v) is 6.89. The SMILES string of the molecule is COc1ccc(C(CNC(=O)NCC(c2ccc(OC)cc2)N2CCOCC2)N2CCOCC2)cc1. The summed E-state index contributed by atoms with van der Waals surface area (Å²) in [7, 11) is 3.33. The van der Waals surface area contributed by atoms with E-state index in [1.807, 2.05) is 24.3 Å². The number of urea groups is 1. The molecule has 2 aromatic rings. The molecule has 2 aliphatic rings. The molecule has 2 saturated heterocycles. The Balaban J connectivity index is 1.38. The van der Waals surface area contributed by atoms with E-state index >= 15 is 0 Å². The van der Waals surface area contributed by atoms with E-state index in [9.17, 15) is 4.79 Å². The Bertz CT molecular complexity index is 853. The Morgan fingerprint density at radius 2 is 1.08 bits per heavy atom. The molecular weight excluding hydrogens is 460 g/mol. The van der Waals surface area contributed by atoms with E-state index in [-0.39, 0.29) is 18.1 Å². The molecule has 36 heavy (non-hydrogen) atoms. The molecule has 0 spiro atoms. The molecule has 0 bridgehead atoms. The molecule has 2 aliphatic heterocycles. The number of hydrogen-bond acceptors (Lipinski definition) is 7. The van der Waals surface area contributed by atoms with Gasteiger partial charge in [-0.3, -0.25) is 9.80 Å². The highest BCUT2D eigenvalue weighted by Crippen LogP contribution is 2.25. The van der Waals surface area contributed by atoms with Gasteiger partial charge in [-0.15, -0.1) is 0 Å². The second-order valence-electron chi connectivity index (χ2n) is 8.97. The number of ether oxygens (including phenoxy) is 4. The minimum Gasteiger partial charge on any atom is -0.497 e. The van der Waals surface area contributed by atoms with Gasteiger partial charge in [0, 0.05) is 39.3 Å². The monoisotopic (exact) mass is 498 g/mol. The number of carbonyl (C=O) groups excluding carboxylic acids is 1. The van der Waals surface area contributed by atoms with Crippen molar-refractivity contribution in [2.45, 2.75) is 12.1 Å². The highest BCUT2D eigenvalue weighted by Gasteiger charge is 2.25. The van der Waals surface area contributed by atoms with Crippen LogP contribution in [0.1, 0.15) is 23.2 Å². The molecule has 0 saturated carbocycles. The van der Waals surface area contributed by atoms with E-state index in [0.717, 1.165) is 48.8 Å². The Morgan fingerprint density at radius 1 is 0.722 bits per heavy atom. The summed E-state index contributed by atoms with van der Waals surface area (Å²) in [6, 6.07) is 16.1. The minimum absolute atomic E-state index is 0.0576. The number of carbonyl (C=O) groups is 1. The van der Waals surface area contributed by atoms with Crippen molar-refractivity contribution in [1.82, 2.24) is 20.4 Å². The number of benzene rings is 2. The predicted molar refractivity (Wildman–Crippen MR) is 138 cm³/mol. The number of hydrogen-bond donors (Lipinski definition) is 2. The van der Waals surface area contributed by atoms with Crippen molar-refractivity contribution in [1.29, 1.82) is 0 Å². The van der Waals surface area contributed by atoms with Crippen LogP contribution in [0.5, 0.6) is 11.5 Å². The number of nitrogens with zero attached hydrogens (tertiary/aromatic N) is 2. The van der Waals surface area contributed by atoms with Gasteiger partial charge < -0.3 is 29.6 Å². The molecule has 9 heteroatoms. The summed E-state index contributed by atoms with van der Waals surface area (Å²) < 4.78 is 21.7. The predicted octanol–water partition coefficient (Wildman–Crippen LogP) is 2.45. The average molecular weight is 499 g/mol. The van der Waals surface area contributed by atoms with Gasteiger partial charge in [0.05, 0.1) is 52.7 Å². The van der Waals surface area contributed by atoms with Crippen LogP contribution in [0.2, 0.25) is 0 Å². The van der Waals surface area contributed by atoms with Crippen molar-refractivity contribution >= 4 is 6.03 Å². The largest absolute Gasteiger partial charge is 0.497 e. The Kier molecular flexibility index (Phi) is 9.80. The first kappa shape index (κ1) is 26.2. The zero-order valence-electron chi connectivity index (χ0n) is 21.3. The molecule has 2 aromatic carbocycles. The Morgan fingerprint density at radius 3 is 1.42 bits per heavy atom. The minimum atomic E-state index is -0.173. The van der Waals surface area contributed by atoms with E-state index in [0.29, 0.717) is 39.5 Å². The van der Waals surface area contributed by atoms with Crippen LogP contribution in [-0.4, -0.2) is 95.7 Å². The van der Waals surface area contributed by atoms with Crippen LogP contribution in [0.25, 0.3) is 0 Å². The van der Waals surface area contributed by atoms with Gasteiger partial charge >= 0.3 is 6.03 Å². The van der Waals surface area contributed by atoms with Gasteiger partial charge in [0.15, 0.2) is 0 Å². The van der Waals surface area contributed by atoms with Gasteiger partial charge in [0.2, 0.25) is 0 Å². The van der Waals surface area contributed by atoms with Gasteiger partial charge in [-0.25, -0.2) is 4.79 Å². The molecule has 2 amide bonds. The van der Waals surface area contributed by atoms with Crippen LogP contribution >= 0.6 is 0 Å². The van der Waals surface area contributed by atoms with Gasteiger partial charge in [-0.1, -0.05) is 24.3 Å². The summed E-state index contributed by atoms with van der Waals surface area (Å²) >= 11 is 0. The van der Waals surface area contributed by atoms with Gasteiger partial charge in [0.1, 0.15) is 11.5 Å². The second-order valence-corrected chi connectivity index (χ2v) is 8.97. The molecule has 2 heterocycles. The molecular formula is C27H38N4O5. The third-order valence-electron chi connectivity index (χ3n) is 6.89.